The summed E-state index contributed by atoms with van der Waals surface area (Å²) in [5.74, 6) is 0.808. The molecule has 0 spiro atoms. The third-order valence-electron chi connectivity index (χ3n) is 3.10. The van der Waals surface area contributed by atoms with E-state index in [-0.39, 0.29) is 0 Å². The standard InChI is InChI=1S/C17H20O2/c1-3-19-16-6-4-5-15(12-16)17(18)11-14-9-7-13(2)8-10-14/h4-10,12,17-18H,3,11H2,1-2H3. The van der Waals surface area contributed by atoms with Crippen LogP contribution < -0.4 is 4.74 Å². The Morgan fingerprint density at radius 3 is 2.53 bits per heavy atom. The fraction of sp³-hybridized carbons (Fsp3) is 0.294. The molecule has 0 heterocycles. The van der Waals surface area contributed by atoms with Crippen molar-refractivity contribution < 1.29 is 9.84 Å². The summed E-state index contributed by atoms with van der Waals surface area (Å²) in [5, 5.41) is 10.3. The smallest absolute Gasteiger partial charge is 0.119 e. The van der Waals surface area contributed by atoms with E-state index in [1.165, 1.54) is 5.56 Å². The molecule has 0 saturated carbocycles. The van der Waals surface area contributed by atoms with Gasteiger partial charge in [0, 0.05) is 6.42 Å². The van der Waals surface area contributed by atoms with Crippen molar-refractivity contribution in [2.45, 2.75) is 26.4 Å². The second-order valence-corrected chi connectivity index (χ2v) is 4.71. The lowest BCUT2D eigenvalue weighted by atomic mass is 10.0. The Labute approximate surface area is 114 Å². The summed E-state index contributed by atoms with van der Waals surface area (Å²) in [4.78, 5) is 0. The maximum Gasteiger partial charge on any atom is 0.119 e. The molecular formula is C17H20O2. The third-order valence-corrected chi connectivity index (χ3v) is 3.10. The highest BCUT2D eigenvalue weighted by atomic mass is 16.5. The van der Waals surface area contributed by atoms with Crippen LogP contribution in [0, 0.1) is 6.92 Å². The molecule has 0 amide bonds. The molecule has 100 valence electrons. The highest BCUT2D eigenvalue weighted by Gasteiger charge is 2.09. The highest BCUT2D eigenvalue weighted by molar-refractivity contribution is 5.31. The van der Waals surface area contributed by atoms with E-state index in [0.717, 1.165) is 16.9 Å². The molecule has 2 rings (SSSR count). The minimum absolute atomic E-state index is 0.497. The zero-order valence-corrected chi connectivity index (χ0v) is 11.5. The maximum absolute atomic E-state index is 10.3. The lowest BCUT2D eigenvalue weighted by molar-refractivity contribution is 0.178. The molecule has 1 N–H and O–H groups in total. The molecule has 0 aliphatic heterocycles. The zero-order chi connectivity index (χ0) is 13.7. The van der Waals surface area contributed by atoms with Gasteiger partial charge in [-0.05, 0) is 37.1 Å². The number of aryl methyl sites for hydroxylation is 1. The summed E-state index contributed by atoms with van der Waals surface area (Å²) in [7, 11) is 0. The van der Waals surface area contributed by atoms with Gasteiger partial charge in [-0.3, -0.25) is 0 Å². The van der Waals surface area contributed by atoms with Gasteiger partial charge in [-0.1, -0.05) is 42.0 Å². The molecule has 2 aromatic rings. The van der Waals surface area contributed by atoms with E-state index >= 15 is 0 Å². The van der Waals surface area contributed by atoms with Gasteiger partial charge in [-0.25, -0.2) is 0 Å². The van der Waals surface area contributed by atoms with Crippen LogP contribution in [-0.2, 0) is 6.42 Å². The van der Waals surface area contributed by atoms with Gasteiger partial charge < -0.3 is 9.84 Å². The number of hydrogen-bond acceptors (Lipinski definition) is 2. The van der Waals surface area contributed by atoms with Gasteiger partial charge in [-0.2, -0.15) is 0 Å². The first-order valence-electron chi connectivity index (χ1n) is 6.65. The number of benzene rings is 2. The average molecular weight is 256 g/mol. The molecule has 0 fully saturated rings. The largest absolute Gasteiger partial charge is 0.494 e. The van der Waals surface area contributed by atoms with Crippen molar-refractivity contribution in [3.63, 3.8) is 0 Å². The average Bonchev–Trinajstić information content (AvgIpc) is 2.42. The molecule has 2 aromatic carbocycles. The third kappa shape index (κ3) is 3.83. The Bertz CT molecular complexity index is 517. The second-order valence-electron chi connectivity index (χ2n) is 4.71. The fourth-order valence-electron chi connectivity index (χ4n) is 2.04. The van der Waals surface area contributed by atoms with E-state index < -0.39 is 6.10 Å². The van der Waals surface area contributed by atoms with Gasteiger partial charge in [-0.15, -0.1) is 0 Å². The van der Waals surface area contributed by atoms with Crippen LogP contribution in [0.1, 0.15) is 29.7 Å². The molecule has 19 heavy (non-hydrogen) atoms. The van der Waals surface area contributed by atoms with E-state index in [9.17, 15) is 5.11 Å². The van der Waals surface area contributed by atoms with Crippen LogP contribution in [-0.4, -0.2) is 11.7 Å². The molecule has 0 bridgehead atoms. The number of rotatable bonds is 5. The van der Waals surface area contributed by atoms with Crippen LogP contribution in [0.5, 0.6) is 5.75 Å². The van der Waals surface area contributed by atoms with Crippen molar-refractivity contribution in [2.75, 3.05) is 6.61 Å². The highest BCUT2D eigenvalue weighted by Crippen LogP contribution is 2.22. The lowest BCUT2D eigenvalue weighted by Crippen LogP contribution is -2.02. The van der Waals surface area contributed by atoms with Crippen LogP contribution in [0.3, 0.4) is 0 Å². The summed E-state index contributed by atoms with van der Waals surface area (Å²) in [6.07, 6.45) is 0.124. The maximum atomic E-state index is 10.3. The monoisotopic (exact) mass is 256 g/mol. The quantitative estimate of drug-likeness (QED) is 0.884. The van der Waals surface area contributed by atoms with Gasteiger partial charge in [0.15, 0.2) is 0 Å². The Morgan fingerprint density at radius 1 is 1.11 bits per heavy atom. The molecule has 2 heteroatoms. The van der Waals surface area contributed by atoms with Crippen LogP contribution >= 0.6 is 0 Å². The topological polar surface area (TPSA) is 29.5 Å². The SMILES string of the molecule is CCOc1cccc(C(O)Cc2ccc(C)cc2)c1. The normalized spacial score (nSPS) is 12.2. The van der Waals surface area contributed by atoms with Gasteiger partial charge in [0.2, 0.25) is 0 Å². The van der Waals surface area contributed by atoms with E-state index in [1.807, 2.05) is 31.2 Å². The van der Waals surface area contributed by atoms with Crippen molar-refractivity contribution >= 4 is 0 Å². The van der Waals surface area contributed by atoms with Crippen molar-refractivity contribution in [1.29, 1.82) is 0 Å². The number of hydrogen-bond donors (Lipinski definition) is 1. The lowest BCUT2D eigenvalue weighted by Gasteiger charge is -2.13. The number of aliphatic hydroxyl groups excluding tert-OH is 1. The summed E-state index contributed by atoms with van der Waals surface area (Å²) >= 11 is 0. The van der Waals surface area contributed by atoms with Crippen LogP contribution in [0.25, 0.3) is 0 Å². The molecule has 0 radical (unpaired) electrons. The van der Waals surface area contributed by atoms with Crippen molar-refractivity contribution in [3.8, 4) is 5.75 Å². The van der Waals surface area contributed by atoms with Gasteiger partial charge in [0.25, 0.3) is 0 Å². The second kappa shape index (κ2) is 6.39. The van der Waals surface area contributed by atoms with Crippen LogP contribution in [0.15, 0.2) is 48.5 Å². The van der Waals surface area contributed by atoms with Crippen molar-refractivity contribution in [2.24, 2.45) is 0 Å². The number of ether oxygens (including phenoxy) is 1. The van der Waals surface area contributed by atoms with E-state index in [2.05, 4.69) is 31.2 Å². The van der Waals surface area contributed by atoms with Gasteiger partial charge in [0.05, 0.1) is 12.7 Å². The summed E-state index contributed by atoms with van der Waals surface area (Å²) < 4.78 is 5.45. The van der Waals surface area contributed by atoms with Crippen molar-refractivity contribution in [3.05, 3.63) is 65.2 Å². The zero-order valence-electron chi connectivity index (χ0n) is 11.5. The predicted octanol–water partition coefficient (Wildman–Crippen LogP) is 3.67. The van der Waals surface area contributed by atoms with Gasteiger partial charge >= 0.3 is 0 Å². The Hall–Kier alpha value is -1.80. The predicted molar refractivity (Wildman–Crippen MR) is 77.5 cm³/mol. The van der Waals surface area contributed by atoms with Gasteiger partial charge in [0.1, 0.15) is 5.75 Å². The van der Waals surface area contributed by atoms with Crippen LogP contribution in [0.4, 0.5) is 0 Å². The summed E-state index contributed by atoms with van der Waals surface area (Å²) in [5.41, 5.74) is 3.27. The molecule has 1 unspecified atom stereocenters. The molecule has 1 atom stereocenters. The summed E-state index contributed by atoms with van der Waals surface area (Å²) in [6.45, 7) is 4.65. The molecule has 0 aliphatic rings. The minimum Gasteiger partial charge on any atom is -0.494 e. The summed E-state index contributed by atoms with van der Waals surface area (Å²) in [6, 6.07) is 15.9. The Morgan fingerprint density at radius 2 is 1.84 bits per heavy atom. The number of aliphatic hydroxyl groups is 1. The van der Waals surface area contributed by atoms with E-state index in [1.54, 1.807) is 0 Å². The Balaban J connectivity index is 2.08. The first-order valence-corrected chi connectivity index (χ1v) is 6.65. The Kier molecular flexibility index (Phi) is 4.58. The van der Waals surface area contributed by atoms with Crippen LogP contribution in [0.2, 0.25) is 0 Å². The molecule has 0 aromatic heterocycles. The van der Waals surface area contributed by atoms with Crippen molar-refractivity contribution in [1.82, 2.24) is 0 Å². The molecule has 2 nitrogen and oxygen atoms in total. The minimum atomic E-state index is -0.497. The molecular weight excluding hydrogens is 236 g/mol. The van der Waals surface area contributed by atoms with E-state index in [4.69, 9.17) is 4.74 Å². The van der Waals surface area contributed by atoms with E-state index in [0.29, 0.717) is 13.0 Å². The molecule has 0 aliphatic carbocycles. The first kappa shape index (κ1) is 13.6. The fourth-order valence-corrected chi connectivity index (χ4v) is 2.04. The molecule has 0 saturated heterocycles. The first-order chi connectivity index (χ1) is 9.19.